The van der Waals surface area contributed by atoms with Gasteiger partial charge in [0.15, 0.2) is 5.13 Å². The molecule has 0 radical (unpaired) electrons. The molecule has 2 amide bonds. The van der Waals surface area contributed by atoms with E-state index < -0.39 is 23.6 Å². The molecule has 0 aliphatic heterocycles. The van der Waals surface area contributed by atoms with Gasteiger partial charge in [-0.15, -0.1) is 11.3 Å². The zero-order valence-corrected chi connectivity index (χ0v) is 17.4. The fourth-order valence-corrected chi connectivity index (χ4v) is 3.37. The molecule has 6 nitrogen and oxygen atoms in total. The van der Waals surface area contributed by atoms with E-state index >= 15 is 0 Å². The highest BCUT2D eigenvalue weighted by atomic mass is 35.5. The number of hydrogen-bond acceptors (Lipinski definition) is 5. The number of nitrogens with zero attached hydrogens (tertiary/aromatic N) is 1. The van der Waals surface area contributed by atoms with Crippen LogP contribution in [0.4, 0.5) is 24.0 Å². The van der Waals surface area contributed by atoms with E-state index in [4.69, 9.17) is 11.6 Å². The Hall–Kier alpha value is -3.11. The molecule has 0 aliphatic carbocycles. The Labute approximate surface area is 184 Å². The lowest BCUT2D eigenvalue weighted by Gasteiger charge is -2.10. The number of hydrogen-bond donors (Lipinski definition) is 3. The number of benzene rings is 2. The average Bonchev–Trinajstić information content (AvgIpc) is 3.20. The molecule has 0 unspecified atom stereocenters. The zero-order chi connectivity index (χ0) is 22.4. The van der Waals surface area contributed by atoms with Gasteiger partial charge >= 0.3 is 6.18 Å². The van der Waals surface area contributed by atoms with Gasteiger partial charge in [0.25, 0.3) is 5.91 Å². The molecule has 0 bridgehead atoms. The predicted molar refractivity (Wildman–Crippen MR) is 112 cm³/mol. The Bertz CT molecular complexity index is 1090. The fraction of sp³-hybridized carbons (Fsp3) is 0.150. The number of nitrogens with one attached hydrogen (secondary N) is 3. The van der Waals surface area contributed by atoms with Crippen molar-refractivity contribution < 1.29 is 22.8 Å². The first-order valence-corrected chi connectivity index (χ1v) is 10.2. The molecular formula is C20H16ClF3N4O2S. The monoisotopic (exact) mass is 468 g/mol. The zero-order valence-electron chi connectivity index (χ0n) is 15.8. The van der Waals surface area contributed by atoms with Crippen molar-refractivity contribution >= 4 is 45.6 Å². The summed E-state index contributed by atoms with van der Waals surface area (Å²) in [5, 5.41) is 10.4. The number of alkyl halides is 3. The van der Waals surface area contributed by atoms with Gasteiger partial charge in [0.05, 0.1) is 22.8 Å². The van der Waals surface area contributed by atoms with Gasteiger partial charge in [0, 0.05) is 11.9 Å². The molecule has 31 heavy (non-hydrogen) atoms. The van der Waals surface area contributed by atoms with Crippen molar-refractivity contribution in [2.45, 2.75) is 12.7 Å². The number of amides is 2. The maximum atomic E-state index is 12.7. The molecule has 3 rings (SSSR count). The van der Waals surface area contributed by atoms with Crippen LogP contribution in [0.5, 0.6) is 0 Å². The third-order valence-corrected chi connectivity index (χ3v) is 5.09. The van der Waals surface area contributed by atoms with Crippen LogP contribution < -0.4 is 16.0 Å². The minimum Gasteiger partial charge on any atom is -0.350 e. The molecule has 0 aliphatic rings. The molecule has 1 aromatic heterocycles. The quantitative estimate of drug-likeness (QED) is 0.473. The van der Waals surface area contributed by atoms with Crippen LogP contribution in [0, 0.1) is 0 Å². The maximum Gasteiger partial charge on any atom is 0.416 e. The number of para-hydroxylation sites is 1. The van der Waals surface area contributed by atoms with Gasteiger partial charge in [-0.2, -0.15) is 13.2 Å². The van der Waals surface area contributed by atoms with Crippen LogP contribution in [-0.2, 0) is 17.5 Å². The Morgan fingerprint density at radius 2 is 1.84 bits per heavy atom. The third kappa shape index (κ3) is 6.43. The highest BCUT2D eigenvalue weighted by Crippen LogP contribution is 2.29. The summed E-state index contributed by atoms with van der Waals surface area (Å²) in [7, 11) is 0. The Kier molecular flexibility index (Phi) is 7.13. The lowest BCUT2D eigenvalue weighted by Crippen LogP contribution is -2.36. The van der Waals surface area contributed by atoms with Crippen LogP contribution in [0.2, 0.25) is 5.02 Å². The van der Waals surface area contributed by atoms with Crippen molar-refractivity contribution in [1.29, 1.82) is 0 Å². The van der Waals surface area contributed by atoms with Gasteiger partial charge in [0.2, 0.25) is 5.91 Å². The fourth-order valence-electron chi connectivity index (χ4n) is 2.49. The molecule has 0 atom stereocenters. The van der Waals surface area contributed by atoms with E-state index in [0.29, 0.717) is 21.4 Å². The summed E-state index contributed by atoms with van der Waals surface area (Å²) in [6.45, 7) is -0.441. The second kappa shape index (κ2) is 9.80. The lowest BCUT2D eigenvalue weighted by atomic mass is 10.1. The summed E-state index contributed by atoms with van der Waals surface area (Å²) < 4.78 is 38.2. The van der Waals surface area contributed by atoms with Crippen molar-refractivity contribution in [1.82, 2.24) is 15.6 Å². The minimum atomic E-state index is -4.46. The molecule has 3 aromatic rings. The smallest absolute Gasteiger partial charge is 0.350 e. The first kappa shape index (κ1) is 22.6. The number of aromatic nitrogens is 1. The first-order chi connectivity index (χ1) is 14.7. The third-order valence-electron chi connectivity index (χ3n) is 4.01. The standard InChI is InChI=1S/C20H16ClF3N4O2S/c21-14-6-1-2-7-15(14)27-19-28-16(11-31-19)18(30)26-10-17(29)25-9-12-4-3-5-13(8-12)20(22,23)24/h1-8,11H,9-10H2,(H,25,29)(H,26,30)(H,27,28). The Morgan fingerprint density at radius 3 is 2.58 bits per heavy atom. The number of rotatable bonds is 7. The summed E-state index contributed by atoms with van der Waals surface area (Å²) in [6.07, 6.45) is -4.46. The van der Waals surface area contributed by atoms with Crippen LogP contribution in [0.15, 0.2) is 53.9 Å². The van der Waals surface area contributed by atoms with Crippen molar-refractivity contribution in [3.05, 3.63) is 75.8 Å². The van der Waals surface area contributed by atoms with E-state index in [1.54, 1.807) is 24.3 Å². The van der Waals surface area contributed by atoms with Crippen molar-refractivity contribution in [3.8, 4) is 0 Å². The molecule has 162 valence electrons. The number of carbonyl (C=O) groups is 2. The second-order valence-corrected chi connectivity index (χ2v) is 7.57. The Morgan fingerprint density at radius 1 is 1.06 bits per heavy atom. The van der Waals surface area contributed by atoms with Crippen molar-refractivity contribution in [3.63, 3.8) is 0 Å². The number of anilines is 2. The van der Waals surface area contributed by atoms with E-state index in [1.807, 2.05) is 0 Å². The summed E-state index contributed by atoms with van der Waals surface area (Å²) in [6, 6.07) is 11.7. The van der Waals surface area contributed by atoms with E-state index in [9.17, 15) is 22.8 Å². The summed E-state index contributed by atoms with van der Waals surface area (Å²) in [5.41, 5.74) is 0.256. The first-order valence-electron chi connectivity index (χ1n) is 8.90. The van der Waals surface area contributed by atoms with Crippen LogP contribution in [0.25, 0.3) is 0 Å². The van der Waals surface area contributed by atoms with Crippen LogP contribution >= 0.6 is 22.9 Å². The normalized spacial score (nSPS) is 11.1. The van der Waals surface area contributed by atoms with Gasteiger partial charge in [-0.3, -0.25) is 9.59 Å². The van der Waals surface area contributed by atoms with Crippen LogP contribution in [0.1, 0.15) is 21.6 Å². The number of halogens is 4. The van der Waals surface area contributed by atoms with Gasteiger partial charge in [-0.1, -0.05) is 35.9 Å². The number of thiazole rings is 1. The van der Waals surface area contributed by atoms with Crippen molar-refractivity contribution in [2.24, 2.45) is 0 Å². The van der Waals surface area contributed by atoms with Crippen LogP contribution in [-0.4, -0.2) is 23.3 Å². The maximum absolute atomic E-state index is 12.7. The topological polar surface area (TPSA) is 83.1 Å². The van der Waals surface area contributed by atoms with E-state index in [2.05, 4.69) is 20.9 Å². The van der Waals surface area contributed by atoms with Gasteiger partial charge in [-0.25, -0.2) is 4.98 Å². The molecule has 2 aromatic carbocycles. The van der Waals surface area contributed by atoms with Gasteiger partial charge in [-0.05, 0) is 29.8 Å². The highest BCUT2D eigenvalue weighted by molar-refractivity contribution is 7.14. The summed E-state index contributed by atoms with van der Waals surface area (Å²) in [5.74, 6) is -1.10. The van der Waals surface area contributed by atoms with Crippen molar-refractivity contribution in [2.75, 3.05) is 11.9 Å². The van der Waals surface area contributed by atoms with Gasteiger partial charge < -0.3 is 16.0 Å². The summed E-state index contributed by atoms with van der Waals surface area (Å²) >= 11 is 7.26. The molecule has 0 saturated heterocycles. The molecular weight excluding hydrogens is 453 g/mol. The lowest BCUT2D eigenvalue weighted by molar-refractivity contribution is -0.137. The van der Waals surface area contributed by atoms with E-state index in [1.165, 1.54) is 28.8 Å². The predicted octanol–water partition coefficient (Wildman–Crippen LogP) is 4.61. The number of carbonyl (C=O) groups excluding carboxylic acids is 2. The SMILES string of the molecule is O=C(CNC(=O)c1csc(Nc2ccccc2Cl)n1)NCc1cccc(C(F)(F)F)c1. The average molecular weight is 469 g/mol. The van der Waals surface area contributed by atoms with E-state index in [-0.39, 0.29) is 18.8 Å². The molecule has 3 N–H and O–H groups in total. The van der Waals surface area contributed by atoms with E-state index in [0.717, 1.165) is 12.1 Å². The highest BCUT2D eigenvalue weighted by Gasteiger charge is 2.30. The second-order valence-electron chi connectivity index (χ2n) is 6.30. The Balaban J connectivity index is 1.48. The molecule has 0 spiro atoms. The van der Waals surface area contributed by atoms with Gasteiger partial charge in [0.1, 0.15) is 5.69 Å². The minimum absolute atomic E-state index is 0.0960. The van der Waals surface area contributed by atoms with Crippen LogP contribution in [0.3, 0.4) is 0 Å². The summed E-state index contributed by atoms with van der Waals surface area (Å²) in [4.78, 5) is 28.3. The largest absolute Gasteiger partial charge is 0.416 e. The molecule has 0 saturated carbocycles. The molecule has 11 heteroatoms. The molecule has 1 heterocycles. The molecule has 0 fully saturated rings.